The van der Waals surface area contributed by atoms with Gasteiger partial charge in [0.1, 0.15) is 0 Å². The van der Waals surface area contributed by atoms with Crippen molar-refractivity contribution in [3.05, 3.63) is 46.0 Å². The van der Waals surface area contributed by atoms with Crippen LogP contribution in [0.4, 0.5) is 0 Å². The second-order valence-electron chi connectivity index (χ2n) is 6.25. The highest BCUT2D eigenvalue weighted by Crippen LogP contribution is 2.51. The van der Waals surface area contributed by atoms with Crippen molar-refractivity contribution in [2.75, 3.05) is 0 Å². The minimum Gasteiger partial charge on any atom is -0.339 e. The zero-order chi connectivity index (χ0) is 14.4. The Morgan fingerprint density at radius 2 is 2.05 bits per heavy atom. The quantitative estimate of drug-likeness (QED) is 0.925. The fourth-order valence-corrected chi connectivity index (χ4v) is 4.41. The van der Waals surface area contributed by atoms with E-state index >= 15 is 0 Å². The summed E-state index contributed by atoms with van der Waals surface area (Å²) in [5.41, 5.74) is 7.52. The van der Waals surface area contributed by atoms with Gasteiger partial charge in [0.05, 0.1) is 5.92 Å². The number of fused-ring (bicyclic) bond motifs is 2. The first kappa shape index (κ1) is 13.5. The number of hydrogen-bond donors (Lipinski definition) is 1. The molecule has 0 spiro atoms. The number of rotatable bonds is 3. The number of aromatic nitrogens is 2. The Morgan fingerprint density at radius 1 is 1.24 bits per heavy atom. The Morgan fingerprint density at radius 3 is 2.81 bits per heavy atom. The third-order valence-corrected chi connectivity index (χ3v) is 5.83. The zero-order valence-corrected chi connectivity index (χ0v) is 13.3. The third kappa shape index (κ3) is 2.32. The van der Waals surface area contributed by atoms with Gasteiger partial charge in [0, 0.05) is 16.9 Å². The summed E-state index contributed by atoms with van der Waals surface area (Å²) >= 11 is 3.56. The Bertz CT molecular complexity index is 654. The summed E-state index contributed by atoms with van der Waals surface area (Å²) in [6, 6.07) is 8.32. The molecule has 2 fully saturated rings. The lowest BCUT2D eigenvalue weighted by atomic mass is 9.85. The van der Waals surface area contributed by atoms with Crippen LogP contribution in [0.5, 0.6) is 0 Å². The van der Waals surface area contributed by atoms with Gasteiger partial charge in [0.2, 0.25) is 5.89 Å². The van der Waals surface area contributed by atoms with Gasteiger partial charge in [-0.2, -0.15) is 4.98 Å². The van der Waals surface area contributed by atoms with Gasteiger partial charge in [-0.3, -0.25) is 0 Å². The van der Waals surface area contributed by atoms with Crippen LogP contribution in [0, 0.1) is 11.8 Å². The van der Waals surface area contributed by atoms with Crippen molar-refractivity contribution in [2.45, 2.75) is 37.6 Å². The molecule has 4 rings (SSSR count). The van der Waals surface area contributed by atoms with Gasteiger partial charge in [-0.25, -0.2) is 0 Å². The lowest BCUT2D eigenvalue weighted by molar-refractivity contribution is 0.278. The summed E-state index contributed by atoms with van der Waals surface area (Å²) in [6.07, 6.45) is 4.43. The number of nitrogens with zero attached hydrogens (tertiary/aromatic N) is 2. The molecule has 2 aromatic rings. The van der Waals surface area contributed by atoms with Crippen molar-refractivity contribution in [3.8, 4) is 0 Å². The fourth-order valence-electron chi connectivity index (χ4n) is 3.99. The van der Waals surface area contributed by atoms with Gasteiger partial charge in [-0.15, -0.1) is 0 Å². The van der Waals surface area contributed by atoms with Gasteiger partial charge in [-0.05, 0) is 42.7 Å². The minimum absolute atomic E-state index is 0.195. The average Bonchev–Trinajstić information content (AvgIpc) is 3.17. The Kier molecular flexibility index (Phi) is 3.34. The van der Waals surface area contributed by atoms with E-state index in [2.05, 4.69) is 32.1 Å². The molecule has 1 aromatic heterocycles. The first-order valence-electron chi connectivity index (χ1n) is 7.54. The van der Waals surface area contributed by atoms with Gasteiger partial charge in [-0.1, -0.05) is 39.3 Å². The number of hydrogen-bond acceptors (Lipinski definition) is 4. The molecule has 2 N–H and O–H groups in total. The summed E-state index contributed by atoms with van der Waals surface area (Å²) in [6.45, 7) is 0. The summed E-state index contributed by atoms with van der Waals surface area (Å²) in [4.78, 5) is 4.62. The van der Waals surface area contributed by atoms with Gasteiger partial charge in [0.25, 0.3) is 0 Å². The molecule has 1 heterocycles. The molecule has 1 aromatic carbocycles. The van der Waals surface area contributed by atoms with Crippen LogP contribution >= 0.6 is 15.9 Å². The molecule has 0 aliphatic heterocycles. The van der Waals surface area contributed by atoms with E-state index in [1.54, 1.807) is 0 Å². The minimum atomic E-state index is 0.195. The van der Waals surface area contributed by atoms with E-state index in [1.165, 1.54) is 24.8 Å². The highest BCUT2D eigenvalue weighted by Gasteiger charge is 2.48. The van der Waals surface area contributed by atoms with Crippen LogP contribution in [0.1, 0.15) is 42.5 Å². The summed E-state index contributed by atoms with van der Waals surface area (Å²) in [5.74, 6) is 3.05. The summed E-state index contributed by atoms with van der Waals surface area (Å²) < 4.78 is 6.60. The monoisotopic (exact) mass is 347 g/mol. The van der Waals surface area contributed by atoms with E-state index in [-0.39, 0.29) is 12.0 Å². The first-order valence-corrected chi connectivity index (χ1v) is 8.33. The van der Waals surface area contributed by atoms with Gasteiger partial charge >= 0.3 is 0 Å². The summed E-state index contributed by atoms with van der Waals surface area (Å²) in [7, 11) is 0. The maximum absolute atomic E-state index is 6.35. The second-order valence-corrected chi connectivity index (χ2v) is 7.11. The Hall–Kier alpha value is -1.20. The molecule has 0 radical (unpaired) electrons. The maximum Gasteiger partial charge on any atom is 0.231 e. The normalized spacial score (nSPS) is 31.0. The van der Waals surface area contributed by atoms with E-state index in [9.17, 15) is 0 Å². The lowest BCUT2D eigenvalue weighted by Crippen LogP contribution is -2.34. The topological polar surface area (TPSA) is 64.9 Å². The zero-order valence-electron chi connectivity index (χ0n) is 11.7. The fraction of sp³-hybridized carbons (Fsp3) is 0.500. The average molecular weight is 348 g/mol. The second kappa shape index (κ2) is 5.21. The third-order valence-electron chi connectivity index (χ3n) is 5.06. The van der Waals surface area contributed by atoms with Crippen molar-refractivity contribution >= 4 is 15.9 Å². The van der Waals surface area contributed by atoms with Crippen LogP contribution in [0.2, 0.25) is 0 Å². The van der Waals surface area contributed by atoms with Gasteiger partial charge < -0.3 is 10.3 Å². The maximum atomic E-state index is 6.35. The molecule has 0 amide bonds. The molecule has 2 bridgehead atoms. The van der Waals surface area contributed by atoms with Crippen LogP contribution in [0.3, 0.4) is 0 Å². The van der Waals surface area contributed by atoms with E-state index in [0.29, 0.717) is 18.3 Å². The molecule has 4 nitrogen and oxygen atoms in total. The standard InChI is InChI=1S/C16H18BrN3O/c17-12-4-2-1-3-9(12)8-13-19-16(21-20-13)14-10-5-6-11(7-10)15(14)18/h1-4,10-11,14-15H,5-8,18H2. The van der Waals surface area contributed by atoms with Crippen molar-refractivity contribution in [1.29, 1.82) is 0 Å². The van der Waals surface area contributed by atoms with E-state index in [4.69, 9.17) is 10.3 Å². The number of halogens is 1. The van der Waals surface area contributed by atoms with Crippen LogP contribution in [0.25, 0.3) is 0 Å². The van der Waals surface area contributed by atoms with Crippen molar-refractivity contribution in [2.24, 2.45) is 17.6 Å². The number of nitrogens with two attached hydrogens (primary N) is 1. The summed E-state index contributed by atoms with van der Waals surface area (Å²) in [5, 5.41) is 4.15. The Balaban J connectivity index is 1.55. The molecule has 21 heavy (non-hydrogen) atoms. The largest absolute Gasteiger partial charge is 0.339 e. The van der Waals surface area contributed by atoms with Crippen LogP contribution in [-0.4, -0.2) is 16.2 Å². The lowest BCUT2D eigenvalue weighted by Gasteiger charge is -2.24. The number of benzene rings is 1. The van der Waals surface area contributed by atoms with Gasteiger partial charge in [0.15, 0.2) is 5.82 Å². The molecule has 0 saturated heterocycles. The predicted octanol–water partition coefficient (Wildman–Crippen LogP) is 3.26. The highest BCUT2D eigenvalue weighted by atomic mass is 79.9. The molecule has 2 saturated carbocycles. The van der Waals surface area contributed by atoms with Crippen molar-refractivity contribution < 1.29 is 4.52 Å². The highest BCUT2D eigenvalue weighted by molar-refractivity contribution is 9.10. The predicted molar refractivity (Wildman–Crippen MR) is 82.8 cm³/mol. The molecule has 5 heteroatoms. The van der Waals surface area contributed by atoms with E-state index in [0.717, 1.165) is 16.2 Å². The molecule has 110 valence electrons. The van der Waals surface area contributed by atoms with E-state index < -0.39 is 0 Å². The molecule has 2 aliphatic carbocycles. The molecule has 2 aliphatic rings. The molecule has 4 unspecified atom stereocenters. The van der Waals surface area contributed by atoms with E-state index in [1.807, 2.05) is 18.2 Å². The molecule has 4 atom stereocenters. The van der Waals surface area contributed by atoms with Crippen molar-refractivity contribution in [1.82, 2.24) is 10.1 Å². The molecular formula is C16H18BrN3O. The smallest absolute Gasteiger partial charge is 0.231 e. The Labute approximate surface area is 132 Å². The first-order chi connectivity index (χ1) is 10.2. The van der Waals surface area contributed by atoms with Crippen LogP contribution < -0.4 is 5.73 Å². The molecular weight excluding hydrogens is 330 g/mol. The van der Waals surface area contributed by atoms with Crippen molar-refractivity contribution in [3.63, 3.8) is 0 Å². The SMILES string of the molecule is NC1C2CCC(C2)C1c1nc(Cc2ccccc2Br)no1. The van der Waals surface area contributed by atoms with Crippen LogP contribution in [0.15, 0.2) is 33.3 Å². The van der Waals surface area contributed by atoms with Crippen LogP contribution in [-0.2, 0) is 6.42 Å².